The molecule has 0 aliphatic carbocycles. The first-order valence-electron chi connectivity index (χ1n) is 9.42. The summed E-state index contributed by atoms with van der Waals surface area (Å²) >= 11 is 0. The standard InChI is InChI=1S/C15H24N7O8P/c1-20-2-4-21(5-3-20)11-7-12(19-15(16)18-11)22(6-17-7)13-9(24)8(23)10(29-13)14(25)30-31(26,27)28/h6,8-10,13-14,23-25H,2-5H2,1H3,(H2,16,18,19)(H2,26,27,28)/t8-,9+,10-,13+,14?/m0/s1. The number of imidazole rings is 1. The van der Waals surface area contributed by atoms with E-state index in [1.165, 1.54) is 10.9 Å². The molecule has 5 atom stereocenters. The molecule has 2 aromatic heterocycles. The molecule has 0 saturated carbocycles. The number of rotatable bonds is 5. The maximum absolute atomic E-state index is 11.0. The van der Waals surface area contributed by atoms with Gasteiger partial charge in [0.25, 0.3) is 0 Å². The summed E-state index contributed by atoms with van der Waals surface area (Å²) < 4.78 is 21.9. The molecule has 4 heterocycles. The Morgan fingerprint density at radius 1 is 1.23 bits per heavy atom. The highest BCUT2D eigenvalue weighted by Crippen LogP contribution is 2.41. The number of phosphoric ester groups is 1. The van der Waals surface area contributed by atoms with E-state index < -0.39 is 38.7 Å². The van der Waals surface area contributed by atoms with E-state index in [-0.39, 0.29) is 11.6 Å². The molecule has 2 aliphatic rings. The fraction of sp³-hybridized carbons (Fsp3) is 0.667. The van der Waals surface area contributed by atoms with Crippen molar-refractivity contribution in [2.45, 2.75) is 30.8 Å². The third-order valence-corrected chi connectivity index (χ3v) is 5.79. The summed E-state index contributed by atoms with van der Waals surface area (Å²) in [7, 11) is -3.05. The lowest BCUT2D eigenvalue weighted by Crippen LogP contribution is -2.45. The summed E-state index contributed by atoms with van der Waals surface area (Å²) in [6, 6.07) is 0. The van der Waals surface area contributed by atoms with Gasteiger partial charge in [-0.3, -0.25) is 9.09 Å². The molecule has 15 nitrogen and oxygen atoms in total. The van der Waals surface area contributed by atoms with Gasteiger partial charge in [0, 0.05) is 26.2 Å². The summed E-state index contributed by atoms with van der Waals surface area (Å²) in [6.45, 7) is 3.04. The summed E-state index contributed by atoms with van der Waals surface area (Å²) in [6.07, 6.45) is -7.08. The Labute approximate surface area is 175 Å². The molecule has 1 unspecified atom stereocenters. The predicted octanol–water partition coefficient (Wildman–Crippen LogP) is -2.79. The minimum absolute atomic E-state index is 0.0300. The van der Waals surface area contributed by atoms with Crippen LogP contribution in [0.4, 0.5) is 11.8 Å². The lowest BCUT2D eigenvalue weighted by Gasteiger charge is -2.33. The van der Waals surface area contributed by atoms with Crippen LogP contribution in [0.25, 0.3) is 11.2 Å². The first kappa shape index (κ1) is 22.3. The van der Waals surface area contributed by atoms with Crippen molar-refractivity contribution in [1.29, 1.82) is 0 Å². The van der Waals surface area contributed by atoms with Gasteiger partial charge in [-0.2, -0.15) is 9.97 Å². The van der Waals surface area contributed by atoms with E-state index in [1.807, 2.05) is 11.9 Å². The van der Waals surface area contributed by atoms with E-state index in [9.17, 15) is 19.9 Å². The van der Waals surface area contributed by atoms with Gasteiger partial charge in [-0.1, -0.05) is 0 Å². The van der Waals surface area contributed by atoms with Crippen LogP contribution in [0, 0.1) is 0 Å². The van der Waals surface area contributed by atoms with Crippen LogP contribution in [0.1, 0.15) is 6.23 Å². The topological polar surface area (TPSA) is 213 Å². The van der Waals surface area contributed by atoms with Gasteiger partial charge in [0.05, 0.1) is 6.33 Å². The molecule has 0 aromatic carbocycles. The number of likely N-dealkylation sites (N-methyl/N-ethyl adjacent to an activating group) is 1. The van der Waals surface area contributed by atoms with Crippen molar-refractivity contribution in [3.05, 3.63) is 6.33 Å². The van der Waals surface area contributed by atoms with Crippen LogP contribution < -0.4 is 10.6 Å². The number of hydrogen-bond acceptors (Lipinski definition) is 12. The molecular weight excluding hydrogens is 437 g/mol. The van der Waals surface area contributed by atoms with Crippen molar-refractivity contribution >= 4 is 30.8 Å². The number of nitrogens with two attached hydrogens (primary N) is 1. The van der Waals surface area contributed by atoms with Crippen LogP contribution in [-0.4, -0.2) is 107 Å². The molecule has 0 radical (unpaired) electrons. The van der Waals surface area contributed by atoms with Gasteiger partial charge >= 0.3 is 7.82 Å². The van der Waals surface area contributed by atoms with Crippen LogP contribution in [0.2, 0.25) is 0 Å². The van der Waals surface area contributed by atoms with Crippen LogP contribution in [0.3, 0.4) is 0 Å². The van der Waals surface area contributed by atoms with Crippen LogP contribution >= 0.6 is 7.82 Å². The van der Waals surface area contributed by atoms with Crippen molar-refractivity contribution in [1.82, 2.24) is 24.4 Å². The smallest absolute Gasteiger partial charge is 0.387 e. The zero-order valence-corrected chi connectivity index (χ0v) is 17.4. The summed E-state index contributed by atoms with van der Waals surface area (Å²) in [5.74, 6) is 0.487. The largest absolute Gasteiger partial charge is 0.472 e. The van der Waals surface area contributed by atoms with Gasteiger partial charge in [0.15, 0.2) is 29.5 Å². The molecule has 172 valence electrons. The minimum Gasteiger partial charge on any atom is -0.387 e. The average Bonchev–Trinajstić information content (AvgIpc) is 3.22. The monoisotopic (exact) mass is 461 g/mol. The van der Waals surface area contributed by atoms with Crippen LogP contribution in [0.5, 0.6) is 0 Å². The number of ether oxygens (including phenoxy) is 1. The number of aliphatic hydroxyl groups is 3. The Bertz CT molecular complexity index is 993. The van der Waals surface area contributed by atoms with Crippen molar-refractivity contribution in [2.75, 3.05) is 43.9 Å². The van der Waals surface area contributed by atoms with E-state index in [4.69, 9.17) is 20.3 Å². The van der Waals surface area contributed by atoms with Gasteiger partial charge in [-0.25, -0.2) is 9.55 Å². The van der Waals surface area contributed by atoms with E-state index in [1.54, 1.807) is 0 Å². The SMILES string of the molecule is CN1CCN(c2nc(N)nc3c2ncn3[C@@H]2O[C@H](C(O)OP(=O)(O)O)[C@@H](O)[C@H]2O)CC1. The molecule has 4 rings (SSSR count). The van der Waals surface area contributed by atoms with E-state index in [0.717, 1.165) is 13.1 Å². The second-order valence-corrected chi connectivity index (χ2v) is 8.67. The number of aliphatic hydroxyl groups excluding tert-OH is 3. The van der Waals surface area contributed by atoms with E-state index >= 15 is 0 Å². The molecule has 0 spiro atoms. The molecule has 0 amide bonds. The van der Waals surface area contributed by atoms with Crippen LogP contribution in [0.15, 0.2) is 6.33 Å². The Balaban J connectivity index is 1.65. The predicted molar refractivity (Wildman–Crippen MR) is 105 cm³/mol. The van der Waals surface area contributed by atoms with Gasteiger partial charge < -0.3 is 45.4 Å². The molecule has 2 aliphatic heterocycles. The summed E-state index contributed by atoms with van der Waals surface area (Å²) in [5, 5.41) is 30.6. The zero-order chi connectivity index (χ0) is 22.5. The Hall–Kier alpha value is -1.94. The fourth-order valence-electron chi connectivity index (χ4n) is 3.69. The lowest BCUT2D eigenvalue weighted by molar-refractivity contribution is -0.161. The number of fused-ring (bicyclic) bond motifs is 1. The highest BCUT2D eigenvalue weighted by atomic mass is 31.2. The number of piperazine rings is 1. The van der Waals surface area contributed by atoms with Crippen molar-refractivity contribution in [2.24, 2.45) is 0 Å². The molecular formula is C15H24N7O8P. The highest BCUT2D eigenvalue weighted by Gasteiger charge is 2.49. The molecule has 2 saturated heterocycles. The molecule has 2 fully saturated rings. The van der Waals surface area contributed by atoms with Gasteiger partial charge in [0.1, 0.15) is 18.3 Å². The van der Waals surface area contributed by atoms with Gasteiger partial charge in [0.2, 0.25) is 5.95 Å². The number of nitrogens with zero attached hydrogens (tertiary/aromatic N) is 6. The van der Waals surface area contributed by atoms with Crippen molar-refractivity contribution < 1.29 is 38.9 Å². The van der Waals surface area contributed by atoms with Gasteiger partial charge in [-0.15, -0.1) is 0 Å². The number of aromatic nitrogens is 4. The third kappa shape index (κ3) is 4.37. The zero-order valence-electron chi connectivity index (χ0n) is 16.5. The quantitative estimate of drug-likeness (QED) is 0.196. The van der Waals surface area contributed by atoms with Crippen LogP contribution in [-0.2, 0) is 13.8 Å². The normalized spacial score (nSPS) is 29.0. The molecule has 16 heteroatoms. The number of nitrogen functional groups attached to an aromatic ring is 1. The summed E-state index contributed by atoms with van der Waals surface area (Å²) in [5.41, 5.74) is 6.52. The lowest BCUT2D eigenvalue weighted by atomic mass is 10.1. The number of phosphoric acid groups is 1. The number of hydrogen-bond donors (Lipinski definition) is 6. The minimum atomic E-state index is -5.06. The Morgan fingerprint density at radius 3 is 2.55 bits per heavy atom. The molecule has 31 heavy (non-hydrogen) atoms. The van der Waals surface area contributed by atoms with Gasteiger partial charge in [-0.05, 0) is 7.05 Å². The molecule has 0 bridgehead atoms. The second-order valence-electron chi connectivity index (χ2n) is 7.48. The summed E-state index contributed by atoms with van der Waals surface area (Å²) in [4.78, 5) is 34.7. The first-order chi connectivity index (χ1) is 14.5. The maximum atomic E-state index is 11.0. The van der Waals surface area contributed by atoms with Crippen molar-refractivity contribution in [3.63, 3.8) is 0 Å². The molecule has 7 N–H and O–H groups in total. The van der Waals surface area contributed by atoms with E-state index in [0.29, 0.717) is 24.4 Å². The third-order valence-electron chi connectivity index (χ3n) is 5.30. The van der Waals surface area contributed by atoms with Crippen molar-refractivity contribution in [3.8, 4) is 0 Å². The Morgan fingerprint density at radius 2 is 1.90 bits per heavy atom. The number of anilines is 2. The molecule has 2 aromatic rings. The van der Waals surface area contributed by atoms with E-state index in [2.05, 4.69) is 24.4 Å². The average molecular weight is 461 g/mol. The second kappa shape index (κ2) is 8.20. The maximum Gasteiger partial charge on any atom is 0.472 e. The first-order valence-corrected chi connectivity index (χ1v) is 11.0. The fourth-order valence-corrected chi connectivity index (χ4v) is 4.10. The highest BCUT2D eigenvalue weighted by molar-refractivity contribution is 7.46. The Kier molecular flexibility index (Phi) is 5.89.